The van der Waals surface area contributed by atoms with Crippen molar-refractivity contribution in [2.75, 3.05) is 6.54 Å². The highest BCUT2D eigenvalue weighted by Crippen LogP contribution is 2.33. The van der Waals surface area contributed by atoms with Gasteiger partial charge in [-0.3, -0.25) is 4.79 Å². The van der Waals surface area contributed by atoms with E-state index in [-0.39, 0.29) is 24.0 Å². The molecule has 0 aliphatic carbocycles. The first kappa shape index (κ1) is 16.1. The predicted octanol–water partition coefficient (Wildman–Crippen LogP) is 2.35. The van der Waals surface area contributed by atoms with Gasteiger partial charge < -0.3 is 10.0 Å². The number of carbonyl (C=O) groups excluding carboxylic acids is 1. The number of aryl methyl sites for hydroxylation is 1. The van der Waals surface area contributed by atoms with Crippen molar-refractivity contribution in [2.45, 2.75) is 25.5 Å². The van der Waals surface area contributed by atoms with Crippen molar-refractivity contribution < 1.29 is 14.3 Å². The largest absolute Gasteiger partial charge is 0.391 e. The van der Waals surface area contributed by atoms with E-state index >= 15 is 0 Å². The number of nitrogens with zero attached hydrogens (tertiary/aromatic N) is 3. The van der Waals surface area contributed by atoms with E-state index in [9.17, 15) is 14.3 Å². The Bertz CT molecular complexity index is 831. The van der Waals surface area contributed by atoms with Crippen molar-refractivity contribution in [1.29, 1.82) is 5.26 Å². The van der Waals surface area contributed by atoms with Crippen LogP contribution in [0.2, 0.25) is 0 Å². The van der Waals surface area contributed by atoms with E-state index < -0.39 is 12.1 Å². The molecule has 6 heteroatoms. The summed E-state index contributed by atoms with van der Waals surface area (Å²) >= 11 is 0. The van der Waals surface area contributed by atoms with Crippen LogP contribution in [0.5, 0.6) is 0 Å². The van der Waals surface area contributed by atoms with Crippen LogP contribution in [0.4, 0.5) is 4.39 Å². The molecule has 0 saturated carbocycles. The number of aliphatic hydroxyl groups excluding tert-OH is 1. The molecule has 2 heterocycles. The molecule has 5 nitrogen and oxygen atoms in total. The molecule has 1 aliphatic rings. The Morgan fingerprint density at radius 1 is 1.42 bits per heavy atom. The van der Waals surface area contributed by atoms with Crippen LogP contribution in [0.15, 0.2) is 36.4 Å². The molecule has 3 rings (SSSR count). The number of likely N-dealkylation sites (tertiary alicyclic amines) is 1. The SMILES string of the molecule is Cc1nc(C(=O)N2C[C@H](O)C[C@H]2c2cccc(F)c2)ccc1C#N. The minimum atomic E-state index is -0.665. The topological polar surface area (TPSA) is 77.2 Å². The van der Waals surface area contributed by atoms with Crippen molar-refractivity contribution in [1.82, 2.24) is 9.88 Å². The summed E-state index contributed by atoms with van der Waals surface area (Å²) in [6.45, 7) is 1.83. The highest BCUT2D eigenvalue weighted by Gasteiger charge is 2.36. The minimum absolute atomic E-state index is 0.167. The molecule has 1 aromatic carbocycles. The summed E-state index contributed by atoms with van der Waals surface area (Å²) in [7, 11) is 0. The number of halogens is 1. The molecule has 1 fully saturated rings. The number of amides is 1. The quantitative estimate of drug-likeness (QED) is 0.919. The number of benzene rings is 1. The van der Waals surface area contributed by atoms with Gasteiger partial charge in [0, 0.05) is 6.54 Å². The summed E-state index contributed by atoms with van der Waals surface area (Å²) in [4.78, 5) is 18.5. The van der Waals surface area contributed by atoms with E-state index in [4.69, 9.17) is 5.26 Å². The molecule has 0 spiro atoms. The second-order valence-electron chi connectivity index (χ2n) is 5.86. The third-order valence-electron chi connectivity index (χ3n) is 4.20. The van der Waals surface area contributed by atoms with Crippen molar-refractivity contribution in [3.05, 3.63) is 64.7 Å². The van der Waals surface area contributed by atoms with Gasteiger partial charge in [-0.25, -0.2) is 9.37 Å². The standard InChI is InChI=1S/C18H16FN3O2/c1-11-13(9-20)5-6-16(21-11)18(24)22-10-15(23)8-17(22)12-3-2-4-14(19)7-12/h2-7,15,17,23H,8,10H2,1H3/t15-,17+/m1/s1. The first-order valence-corrected chi connectivity index (χ1v) is 7.62. The number of β-amino-alcohol motifs (C(OH)–C–C–N with tert-alkyl or cyclic N) is 1. The Morgan fingerprint density at radius 2 is 2.21 bits per heavy atom. The highest BCUT2D eigenvalue weighted by molar-refractivity contribution is 5.93. The zero-order valence-electron chi connectivity index (χ0n) is 13.1. The molecule has 1 saturated heterocycles. The van der Waals surface area contributed by atoms with E-state index in [0.29, 0.717) is 23.2 Å². The maximum absolute atomic E-state index is 13.5. The monoisotopic (exact) mass is 325 g/mol. The van der Waals surface area contributed by atoms with Gasteiger partial charge in [0.25, 0.3) is 5.91 Å². The molecule has 1 amide bonds. The number of aliphatic hydroxyl groups is 1. The average molecular weight is 325 g/mol. The lowest BCUT2D eigenvalue weighted by atomic mass is 10.0. The van der Waals surface area contributed by atoms with Gasteiger partial charge in [-0.2, -0.15) is 5.26 Å². The lowest BCUT2D eigenvalue weighted by Crippen LogP contribution is -2.32. The average Bonchev–Trinajstić information content (AvgIpc) is 2.96. The van der Waals surface area contributed by atoms with E-state index in [1.54, 1.807) is 25.1 Å². The fourth-order valence-electron chi connectivity index (χ4n) is 3.01. The van der Waals surface area contributed by atoms with Crippen molar-refractivity contribution >= 4 is 5.91 Å². The lowest BCUT2D eigenvalue weighted by molar-refractivity contribution is 0.0709. The number of carbonyl (C=O) groups is 1. The van der Waals surface area contributed by atoms with Crippen molar-refractivity contribution in [3.63, 3.8) is 0 Å². The lowest BCUT2D eigenvalue weighted by Gasteiger charge is -2.24. The number of hydrogen-bond acceptors (Lipinski definition) is 4. The summed E-state index contributed by atoms with van der Waals surface area (Å²) in [5, 5.41) is 18.9. The normalized spacial score (nSPS) is 20.0. The number of hydrogen-bond donors (Lipinski definition) is 1. The molecule has 0 bridgehead atoms. The molecule has 2 atom stereocenters. The third kappa shape index (κ3) is 2.99. The Hall–Kier alpha value is -2.78. The van der Waals surface area contributed by atoms with Gasteiger partial charge in [-0.15, -0.1) is 0 Å². The predicted molar refractivity (Wildman–Crippen MR) is 84.5 cm³/mol. The van der Waals surface area contributed by atoms with Crippen LogP contribution in [0, 0.1) is 24.1 Å². The molecule has 0 unspecified atom stereocenters. The summed E-state index contributed by atoms with van der Waals surface area (Å²) in [5.41, 5.74) is 1.74. The molecular weight excluding hydrogens is 309 g/mol. The fourth-order valence-corrected chi connectivity index (χ4v) is 3.01. The first-order chi connectivity index (χ1) is 11.5. The molecule has 122 valence electrons. The van der Waals surface area contributed by atoms with Crippen molar-refractivity contribution in [3.8, 4) is 6.07 Å². The van der Waals surface area contributed by atoms with Gasteiger partial charge in [-0.1, -0.05) is 12.1 Å². The summed E-state index contributed by atoms with van der Waals surface area (Å²) in [6, 6.07) is 10.7. The number of aromatic nitrogens is 1. The number of pyridine rings is 1. The van der Waals surface area contributed by atoms with Crippen LogP contribution >= 0.6 is 0 Å². The van der Waals surface area contributed by atoms with E-state index in [1.165, 1.54) is 23.1 Å². The second-order valence-corrected chi connectivity index (χ2v) is 5.86. The summed E-state index contributed by atoms with van der Waals surface area (Å²) in [6.07, 6.45) is -0.313. The van der Waals surface area contributed by atoms with E-state index in [2.05, 4.69) is 4.98 Å². The first-order valence-electron chi connectivity index (χ1n) is 7.62. The maximum atomic E-state index is 13.5. The van der Waals surface area contributed by atoms with Crippen LogP contribution < -0.4 is 0 Å². The Balaban J connectivity index is 1.93. The van der Waals surface area contributed by atoms with Crippen LogP contribution in [-0.4, -0.2) is 33.5 Å². The molecule has 1 aliphatic heterocycles. The van der Waals surface area contributed by atoms with Crippen LogP contribution in [0.3, 0.4) is 0 Å². The zero-order valence-corrected chi connectivity index (χ0v) is 13.1. The molecule has 0 radical (unpaired) electrons. The van der Waals surface area contributed by atoms with E-state index in [1.807, 2.05) is 6.07 Å². The zero-order chi connectivity index (χ0) is 17.3. The summed E-state index contributed by atoms with van der Waals surface area (Å²) < 4.78 is 13.5. The van der Waals surface area contributed by atoms with Gasteiger partial charge in [0.15, 0.2) is 0 Å². The van der Waals surface area contributed by atoms with Gasteiger partial charge in [0.1, 0.15) is 17.6 Å². The van der Waals surface area contributed by atoms with Gasteiger partial charge >= 0.3 is 0 Å². The minimum Gasteiger partial charge on any atom is -0.391 e. The van der Waals surface area contributed by atoms with Crippen molar-refractivity contribution in [2.24, 2.45) is 0 Å². The maximum Gasteiger partial charge on any atom is 0.273 e. The van der Waals surface area contributed by atoms with E-state index in [0.717, 1.165) is 0 Å². The Morgan fingerprint density at radius 3 is 2.88 bits per heavy atom. The molecular formula is C18H16FN3O2. The van der Waals surface area contributed by atoms with Crippen LogP contribution in [0.25, 0.3) is 0 Å². The number of rotatable bonds is 2. The third-order valence-corrected chi connectivity index (χ3v) is 4.20. The highest BCUT2D eigenvalue weighted by atomic mass is 19.1. The molecule has 1 aromatic heterocycles. The Labute approximate surface area is 139 Å². The Kier molecular flexibility index (Phi) is 4.28. The molecule has 1 N–H and O–H groups in total. The molecule has 24 heavy (non-hydrogen) atoms. The molecule has 2 aromatic rings. The van der Waals surface area contributed by atoms with Gasteiger partial charge in [0.2, 0.25) is 0 Å². The summed E-state index contributed by atoms with van der Waals surface area (Å²) in [5.74, 6) is -0.720. The smallest absolute Gasteiger partial charge is 0.273 e. The van der Waals surface area contributed by atoms with Gasteiger partial charge in [-0.05, 0) is 43.2 Å². The van der Waals surface area contributed by atoms with Gasteiger partial charge in [0.05, 0.1) is 23.4 Å². The van der Waals surface area contributed by atoms with Crippen LogP contribution in [-0.2, 0) is 0 Å². The fraction of sp³-hybridized carbons (Fsp3) is 0.278. The number of nitriles is 1. The second kappa shape index (κ2) is 6.38. The van der Waals surface area contributed by atoms with Crippen LogP contribution in [0.1, 0.15) is 39.8 Å².